The van der Waals surface area contributed by atoms with Gasteiger partial charge in [-0.3, -0.25) is 4.79 Å². The molecule has 0 saturated carbocycles. The minimum Gasteiger partial charge on any atom is -0.495 e. The summed E-state index contributed by atoms with van der Waals surface area (Å²) in [4.78, 5) is 12.2. The fourth-order valence-corrected chi connectivity index (χ4v) is 2.97. The van der Waals surface area contributed by atoms with Gasteiger partial charge in [0.25, 0.3) is 0 Å². The Balaban J connectivity index is 1.95. The van der Waals surface area contributed by atoms with Gasteiger partial charge in [-0.05, 0) is 35.9 Å². The molecule has 2 aromatic rings. The van der Waals surface area contributed by atoms with E-state index in [1.54, 1.807) is 25.3 Å². The molecule has 1 aliphatic rings. The molecule has 0 aromatic heterocycles. The van der Waals surface area contributed by atoms with Gasteiger partial charge >= 0.3 is 0 Å². The Morgan fingerprint density at radius 2 is 2.10 bits per heavy atom. The Kier molecular flexibility index (Phi) is 3.91. The van der Waals surface area contributed by atoms with E-state index in [1.807, 2.05) is 18.2 Å². The van der Waals surface area contributed by atoms with Crippen LogP contribution in [-0.4, -0.2) is 12.9 Å². The molecule has 108 valence electrons. The third kappa shape index (κ3) is 2.78. The third-order valence-electron chi connectivity index (χ3n) is 3.43. The molecule has 2 aromatic carbocycles. The topological polar surface area (TPSA) is 35.5 Å². The molecule has 3 nitrogen and oxygen atoms in total. The van der Waals surface area contributed by atoms with Gasteiger partial charge in [-0.2, -0.15) is 0 Å². The van der Waals surface area contributed by atoms with Crippen molar-refractivity contribution < 1.29 is 14.3 Å². The van der Waals surface area contributed by atoms with Gasteiger partial charge in [0.2, 0.25) is 0 Å². The molecule has 3 rings (SSSR count). The van der Waals surface area contributed by atoms with Crippen LogP contribution in [0.5, 0.6) is 11.5 Å². The van der Waals surface area contributed by atoms with Crippen molar-refractivity contribution in [2.45, 2.75) is 12.5 Å². The van der Waals surface area contributed by atoms with Crippen LogP contribution in [0.4, 0.5) is 0 Å². The Bertz CT molecular complexity index is 715. The van der Waals surface area contributed by atoms with Gasteiger partial charge in [0.1, 0.15) is 17.6 Å². The largest absolute Gasteiger partial charge is 0.495 e. The number of hydrogen-bond donors (Lipinski definition) is 0. The zero-order valence-electron chi connectivity index (χ0n) is 11.2. The van der Waals surface area contributed by atoms with Gasteiger partial charge in [0, 0.05) is 4.47 Å². The van der Waals surface area contributed by atoms with Crippen molar-refractivity contribution in [3.8, 4) is 11.5 Å². The van der Waals surface area contributed by atoms with E-state index in [0.717, 1.165) is 10.0 Å². The van der Waals surface area contributed by atoms with E-state index < -0.39 is 0 Å². The number of ketones is 1. The normalized spacial score (nSPS) is 17.1. The van der Waals surface area contributed by atoms with Crippen molar-refractivity contribution in [3.63, 3.8) is 0 Å². The number of benzene rings is 2. The van der Waals surface area contributed by atoms with Crippen LogP contribution in [0.15, 0.2) is 40.9 Å². The first-order valence-corrected chi connectivity index (χ1v) is 7.58. The second-order valence-electron chi connectivity index (χ2n) is 4.77. The summed E-state index contributed by atoms with van der Waals surface area (Å²) in [5.41, 5.74) is 1.48. The second kappa shape index (κ2) is 5.70. The standard InChI is InChI=1S/C16H12BrClO3/c1-20-14-5-2-9(6-12(14)18)15-8-13(19)11-4-3-10(17)7-16(11)21-15/h2-7,15H,8H2,1H3. The van der Waals surface area contributed by atoms with E-state index in [-0.39, 0.29) is 11.9 Å². The highest BCUT2D eigenvalue weighted by Crippen LogP contribution is 2.38. The first kappa shape index (κ1) is 14.4. The number of halogens is 2. The maximum atomic E-state index is 12.2. The smallest absolute Gasteiger partial charge is 0.170 e. The fraction of sp³-hybridized carbons (Fsp3) is 0.188. The predicted molar refractivity (Wildman–Crippen MR) is 84.5 cm³/mol. The van der Waals surface area contributed by atoms with Crippen molar-refractivity contribution in [1.29, 1.82) is 0 Å². The van der Waals surface area contributed by atoms with Crippen LogP contribution in [0, 0.1) is 0 Å². The summed E-state index contributed by atoms with van der Waals surface area (Å²) in [7, 11) is 1.56. The molecule has 1 heterocycles. The van der Waals surface area contributed by atoms with E-state index in [1.165, 1.54) is 0 Å². The first-order chi connectivity index (χ1) is 10.1. The number of rotatable bonds is 2. The number of Topliss-reactive ketones (excluding diaryl/α,β-unsaturated/α-hetero) is 1. The van der Waals surface area contributed by atoms with Gasteiger partial charge in [-0.25, -0.2) is 0 Å². The number of ether oxygens (including phenoxy) is 2. The minimum atomic E-state index is -0.331. The summed E-state index contributed by atoms with van der Waals surface area (Å²) in [6.45, 7) is 0. The molecule has 0 bridgehead atoms. The lowest BCUT2D eigenvalue weighted by Crippen LogP contribution is -2.20. The predicted octanol–water partition coefficient (Wildman–Crippen LogP) is 4.82. The average molecular weight is 368 g/mol. The molecule has 0 N–H and O–H groups in total. The summed E-state index contributed by atoms with van der Waals surface area (Å²) in [6, 6.07) is 10.9. The van der Waals surface area contributed by atoms with Crippen LogP contribution in [0.1, 0.15) is 28.4 Å². The van der Waals surface area contributed by atoms with Crippen LogP contribution < -0.4 is 9.47 Å². The van der Waals surface area contributed by atoms with Crippen molar-refractivity contribution >= 4 is 33.3 Å². The van der Waals surface area contributed by atoms with Crippen LogP contribution in [0.2, 0.25) is 5.02 Å². The summed E-state index contributed by atoms with van der Waals surface area (Å²) >= 11 is 9.53. The average Bonchev–Trinajstić information content (AvgIpc) is 2.46. The van der Waals surface area contributed by atoms with E-state index in [0.29, 0.717) is 28.5 Å². The molecule has 0 saturated heterocycles. The van der Waals surface area contributed by atoms with E-state index in [2.05, 4.69) is 15.9 Å². The van der Waals surface area contributed by atoms with Gasteiger partial charge in [0.15, 0.2) is 5.78 Å². The van der Waals surface area contributed by atoms with Crippen LogP contribution in [0.3, 0.4) is 0 Å². The molecule has 1 aliphatic heterocycles. The molecule has 0 radical (unpaired) electrons. The molecule has 0 spiro atoms. The molecular formula is C16H12BrClO3. The Labute approximate surface area is 136 Å². The summed E-state index contributed by atoms with van der Waals surface area (Å²) in [5.74, 6) is 1.27. The van der Waals surface area contributed by atoms with Gasteiger partial charge in [-0.15, -0.1) is 0 Å². The first-order valence-electron chi connectivity index (χ1n) is 6.41. The zero-order chi connectivity index (χ0) is 15.0. The van der Waals surface area contributed by atoms with Crippen molar-refractivity contribution in [3.05, 3.63) is 57.0 Å². The Hall–Kier alpha value is -1.52. The monoisotopic (exact) mass is 366 g/mol. The number of hydrogen-bond acceptors (Lipinski definition) is 3. The third-order valence-corrected chi connectivity index (χ3v) is 4.22. The molecule has 5 heteroatoms. The molecule has 21 heavy (non-hydrogen) atoms. The number of carbonyl (C=O) groups excluding carboxylic acids is 1. The SMILES string of the molecule is COc1ccc(C2CC(=O)c3ccc(Br)cc3O2)cc1Cl. The highest BCUT2D eigenvalue weighted by molar-refractivity contribution is 9.10. The van der Waals surface area contributed by atoms with Crippen molar-refractivity contribution in [1.82, 2.24) is 0 Å². The lowest BCUT2D eigenvalue weighted by molar-refractivity contribution is 0.0850. The quantitative estimate of drug-likeness (QED) is 0.763. The summed E-state index contributed by atoms with van der Waals surface area (Å²) < 4.78 is 12.0. The van der Waals surface area contributed by atoms with Crippen molar-refractivity contribution in [2.75, 3.05) is 7.11 Å². The van der Waals surface area contributed by atoms with Gasteiger partial charge in [-0.1, -0.05) is 33.6 Å². The Morgan fingerprint density at radius 1 is 1.29 bits per heavy atom. The fourth-order valence-electron chi connectivity index (χ4n) is 2.37. The summed E-state index contributed by atoms with van der Waals surface area (Å²) in [6.07, 6.45) is -0.0280. The second-order valence-corrected chi connectivity index (χ2v) is 6.09. The molecule has 1 atom stereocenters. The number of fused-ring (bicyclic) bond motifs is 1. The van der Waals surface area contributed by atoms with Gasteiger partial charge in [0.05, 0.1) is 24.1 Å². The van der Waals surface area contributed by atoms with E-state index in [4.69, 9.17) is 21.1 Å². The lowest BCUT2D eigenvalue weighted by atomic mass is 9.96. The minimum absolute atomic E-state index is 0.0701. The molecule has 1 unspecified atom stereocenters. The molecule has 0 aliphatic carbocycles. The number of methoxy groups -OCH3 is 1. The van der Waals surface area contributed by atoms with Crippen molar-refractivity contribution in [2.24, 2.45) is 0 Å². The maximum Gasteiger partial charge on any atom is 0.170 e. The van der Waals surface area contributed by atoms with Gasteiger partial charge < -0.3 is 9.47 Å². The molecular weight excluding hydrogens is 356 g/mol. The van der Waals surface area contributed by atoms with Crippen LogP contribution in [0.25, 0.3) is 0 Å². The highest BCUT2D eigenvalue weighted by atomic mass is 79.9. The summed E-state index contributed by atoms with van der Waals surface area (Å²) in [5, 5.41) is 0.506. The van der Waals surface area contributed by atoms with E-state index in [9.17, 15) is 4.79 Å². The van der Waals surface area contributed by atoms with Crippen LogP contribution in [-0.2, 0) is 0 Å². The Morgan fingerprint density at radius 3 is 2.81 bits per heavy atom. The molecule has 0 fully saturated rings. The van der Waals surface area contributed by atoms with E-state index >= 15 is 0 Å². The highest BCUT2D eigenvalue weighted by Gasteiger charge is 2.28. The van der Waals surface area contributed by atoms with Crippen LogP contribution >= 0.6 is 27.5 Å². The lowest BCUT2D eigenvalue weighted by Gasteiger charge is -2.26. The molecule has 0 amide bonds. The maximum absolute atomic E-state index is 12.2. The zero-order valence-corrected chi connectivity index (χ0v) is 13.6. The number of carbonyl (C=O) groups is 1.